The van der Waals surface area contributed by atoms with Crippen molar-refractivity contribution in [2.24, 2.45) is 0 Å². The van der Waals surface area contributed by atoms with Gasteiger partial charge in [-0.3, -0.25) is 14.9 Å². The maximum absolute atomic E-state index is 11.4. The molecule has 0 spiro atoms. The highest BCUT2D eigenvalue weighted by atomic mass is 35.5. The number of anilines is 1. The average molecular weight is 319 g/mol. The highest BCUT2D eigenvalue weighted by Gasteiger charge is 2.18. The average Bonchev–Trinajstić information content (AvgIpc) is 2.47. The molecular formula is C16H15ClN2O3. The van der Waals surface area contributed by atoms with Crippen molar-refractivity contribution in [3.05, 3.63) is 68.7 Å². The molecule has 0 aliphatic rings. The second-order valence-electron chi connectivity index (χ2n) is 4.97. The van der Waals surface area contributed by atoms with Gasteiger partial charge in [0, 0.05) is 22.7 Å². The van der Waals surface area contributed by atoms with Gasteiger partial charge in [0.15, 0.2) is 5.78 Å². The molecule has 0 heterocycles. The second kappa shape index (κ2) is 6.58. The highest BCUT2D eigenvalue weighted by molar-refractivity contribution is 6.30. The zero-order chi connectivity index (χ0) is 16.3. The minimum absolute atomic E-state index is 0.124. The summed E-state index contributed by atoms with van der Waals surface area (Å²) in [5.41, 5.74) is 1.47. The highest BCUT2D eigenvalue weighted by Crippen LogP contribution is 2.30. The summed E-state index contributed by atoms with van der Waals surface area (Å²) in [4.78, 5) is 22.1. The van der Waals surface area contributed by atoms with Crippen molar-refractivity contribution >= 4 is 28.8 Å². The molecule has 2 aromatic carbocycles. The summed E-state index contributed by atoms with van der Waals surface area (Å²) in [6, 6.07) is 11.5. The van der Waals surface area contributed by atoms with E-state index in [-0.39, 0.29) is 17.5 Å². The third-order valence-electron chi connectivity index (χ3n) is 3.32. The summed E-state index contributed by atoms with van der Waals surface area (Å²) in [5, 5.41) is 14.9. The zero-order valence-corrected chi connectivity index (χ0v) is 12.9. The van der Waals surface area contributed by atoms with E-state index in [0.717, 1.165) is 5.56 Å². The van der Waals surface area contributed by atoms with Crippen LogP contribution in [0.4, 0.5) is 11.4 Å². The summed E-state index contributed by atoms with van der Waals surface area (Å²) in [6.07, 6.45) is 0. The van der Waals surface area contributed by atoms with E-state index in [2.05, 4.69) is 5.32 Å². The minimum Gasteiger partial charge on any atom is -0.373 e. The fourth-order valence-corrected chi connectivity index (χ4v) is 2.31. The Kier molecular flexibility index (Phi) is 4.78. The number of Topliss-reactive ketones (excluding diaryl/α,β-unsaturated/α-hetero) is 1. The number of halogens is 1. The molecule has 0 amide bonds. The molecule has 0 fully saturated rings. The van der Waals surface area contributed by atoms with Crippen molar-refractivity contribution < 1.29 is 9.72 Å². The molecule has 0 aliphatic heterocycles. The van der Waals surface area contributed by atoms with Gasteiger partial charge in [0.05, 0.1) is 4.92 Å². The second-order valence-corrected chi connectivity index (χ2v) is 5.40. The Hall–Kier alpha value is -2.40. The van der Waals surface area contributed by atoms with Crippen molar-refractivity contribution in [3.8, 4) is 0 Å². The minimum atomic E-state index is -0.501. The molecule has 0 bridgehead atoms. The van der Waals surface area contributed by atoms with E-state index >= 15 is 0 Å². The van der Waals surface area contributed by atoms with Crippen molar-refractivity contribution in [1.82, 2.24) is 0 Å². The quantitative estimate of drug-likeness (QED) is 0.496. The van der Waals surface area contributed by atoms with Crippen LogP contribution in [0.5, 0.6) is 0 Å². The number of carbonyl (C=O) groups excluding carboxylic acids is 1. The van der Waals surface area contributed by atoms with Gasteiger partial charge in [-0.05, 0) is 43.7 Å². The first-order valence-electron chi connectivity index (χ1n) is 6.70. The lowest BCUT2D eigenvalue weighted by Gasteiger charge is -2.16. The van der Waals surface area contributed by atoms with Crippen molar-refractivity contribution in [3.63, 3.8) is 0 Å². The Morgan fingerprint density at radius 2 is 2.00 bits per heavy atom. The van der Waals surface area contributed by atoms with E-state index in [9.17, 15) is 14.9 Å². The molecule has 0 aliphatic carbocycles. The summed E-state index contributed by atoms with van der Waals surface area (Å²) in [5.74, 6) is -0.211. The molecule has 1 N–H and O–H groups in total. The Bertz CT molecular complexity index is 731. The number of benzene rings is 2. The van der Waals surface area contributed by atoms with E-state index in [4.69, 9.17) is 11.6 Å². The third-order valence-corrected chi connectivity index (χ3v) is 3.56. The summed E-state index contributed by atoms with van der Waals surface area (Å²) in [7, 11) is 0. The Balaban J connectivity index is 2.32. The summed E-state index contributed by atoms with van der Waals surface area (Å²) >= 11 is 5.96. The molecule has 0 saturated heterocycles. The third kappa shape index (κ3) is 3.62. The number of nitrogens with one attached hydrogen (secondary N) is 1. The van der Waals surface area contributed by atoms with Gasteiger partial charge in [-0.15, -0.1) is 0 Å². The fraction of sp³-hybridized carbons (Fsp3) is 0.188. The van der Waals surface area contributed by atoms with E-state index in [1.807, 2.05) is 19.1 Å². The topological polar surface area (TPSA) is 72.2 Å². The SMILES string of the molecule is CC(=O)c1ccc(NC(C)c2cccc(Cl)c2)c([N+](=O)[O-])c1. The number of ketones is 1. The first-order chi connectivity index (χ1) is 10.4. The number of carbonyl (C=O) groups is 1. The molecule has 1 atom stereocenters. The van der Waals surface area contributed by atoms with E-state index < -0.39 is 4.92 Å². The van der Waals surface area contributed by atoms with Gasteiger partial charge in [-0.2, -0.15) is 0 Å². The maximum atomic E-state index is 11.4. The summed E-state index contributed by atoms with van der Waals surface area (Å²) in [6.45, 7) is 3.26. The predicted molar refractivity (Wildman–Crippen MR) is 86.6 cm³/mol. The van der Waals surface area contributed by atoms with Crippen molar-refractivity contribution in [2.45, 2.75) is 19.9 Å². The monoisotopic (exact) mass is 318 g/mol. The Morgan fingerprint density at radius 1 is 1.27 bits per heavy atom. The van der Waals surface area contributed by atoms with Crippen LogP contribution in [0.25, 0.3) is 0 Å². The maximum Gasteiger partial charge on any atom is 0.293 e. The van der Waals surface area contributed by atoms with Crippen molar-refractivity contribution in [2.75, 3.05) is 5.32 Å². The molecule has 114 valence electrons. The van der Waals surface area contributed by atoms with Gasteiger partial charge in [-0.1, -0.05) is 23.7 Å². The number of hydrogen-bond acceptors (Lipinski definition) is 4. The van der Waals surface area contributed by atoms with Crippen LogP contribution >= 0.6 is 11.6 Å². The van der Waals surface area contributed by atoms with Gasteiger partial charge < -0.3 is 5.32 Å². The first kappa shape index (κ1) is 16.0. The van der Waals surface area contributed by atoms with Gasteiger partial charge in [0.1, 0.15) is 5.69 Å². The fourth-order valence-electron chi connectivity index (χ4n) is 2.12. The predicted octanol–water partition coefficient (Wildman–Crippen LogP) is 4.62. The molecule has 6 heteroatoms. The number of rotatable bonds is 5. The normalized spacial score (nSPS) is 11.8. The first-order valence-corrected chi connectivity index (χ1v) is 7.07. The number of nitrogens with zero attached hydrogens (tertiary/aromatic N) is 1. The number of nitro groups is 1. The molecule has 0 radical (unpaired) electrons. The standard InChI is InChI=1S/C16H15ClN2O3/c1-10(12-4-3-5-14(17)8-12)18-15-7-6-13(11(2)20)9-16(15)19(21)22/h3-10,18H,1-2H3. The van der Waals surface area contributed by atoms with E-state index in [1.165, 1.54) is 13.0 Å². The molecule has 0 saturated carbocycles. The van der Waals surface area contributed by atoms with Crippen LogP contribution in [0.3, 0.4) is 0 Å². The number of hydrogen-bond donors (Lipinski definition) is 1. The lowest BCUT2D eigenvalue weighted by Crippen LogP contribution is -2.09. The zero-order valence-electron chi connectivity index (χ0n) is 12.2. The molecular weight excluding hydrogens is 304 g/mol. The van der Waals surface area contributed by atoms with Crippen LogP contribution in [-0.2, 0) is 0 Å². The lowest BCUT2D eigenvalue weighted by molar-refractivity contribution is -0.384. The molecule has 5 nitrogen and oxygen atoms in total. The number of nitro benzene ring substituents is 1. The smallest absolute Gasteiger partial charge is 0.293 e. The van der Waals surface area contributed by atoms with Gasteiger partial charge in [-0.25, -0.2) is 0 Å². The van der Waals surface area contributed by atoms with Gasteiger partial charge in [0.2, 0.25) is 0 Å². The Morgan fingerprint density at radius 3 is 2.59 bits per heavy atom. The summed E-state index contributed by atoms with van der Waals surface area (Å²) < 4.78 is 0. The van der Waals surface area contributed by atoms with Crippen LogP contribution in [0.1, 0.15) is 35.8 Å². The molecule has 1 unspecified atom stereocenters. The van der Waals surface area contributed by atoms with Crippen molar-refractivity contribution in [1.29, 1.82) is 0 Å². The molecule has 2 aromatic rings. The Labute approximate surface area is 133 Å². The van der Waals surface area contributed by atoms with Crippen LogP contribution in [0, 0.1) is 10.1 Å². The van der Waals surface area contributed by atoms with Crippen LogP contribution in [0.2, 0.25) is 5.02 Å². The van der Waals surface area contributed by atoms with Gasteiger partial charge in [0.25, 0.3) is 5.69 Å². The molecule has 0 aromatic heterocycles. The van der Waals surface area contributed by atoms with Crippen LogP contribution in [-0.4, -0.2) is 10.7 Å². The van der Waals surface area contributed by atoms with E-state index in [0.29, 0.717) is 16.3 Å². The lowest BCUT2D eigenvalue weighted by atomic mass is 10.1. The van der Waals surface area contributed by atoms with E-state index in [1.54, 1.807) is 24.3 Å². The molecule has 22 heavy (non-hydrogen) atoms. The van der Waals surface area contributed by atoms with Crippen LogP contribution in [0.15, 0.2) is 42.5 Å². The molecule has 2 rings (SSSR count). The van der Waals surface area contributed by atoms with Gasteiger partial charge >= 0.3 is 0 Å². The largest absolute Gasteiger partial charge is 0.373 e. The van der Waals surface area contributed by atoms with Crippen LogP contribution < -0.4 is 5.32 Å².